The molecule has 3 heterocycles. The summed E-state index contributed by atoms with van der Waals surface area (Å²) in [6.45, 7) is 7.52. The molecule has 0 bridgehead atoms. The molecule has 0 saturated heterocycles. The molecule has 0 saturated carbocycles. The van der Waals surface area contributed by atoms with Gasteiger partial charge < -0.3 is 14.8 Å². The van der Waals surface area contributed by atoms with E-state index in [1.54, 1.807) is 31.6 Å². The smallest absolute Gasteiger partial charge is 0.348 e. The molecular weight excluding hydrogens is 380 g/mol. The van der Waals surface area contributed by atoms with E-state index >= 15 is 0 Å². The monoisotopic (exact) mass is 402 g/mol. The van der Waals surface area contributed by atoms with Gasteiger partial charge >= 0.3 is 5.97 Å². The van der Waals surface area contributed by atoms with Crippen LogP contribution in [-0.2, 0) is 16.6 Å². The van der Waals surface area contributed by atoms with E-state index in [0.717, 1.165) is 22.2 Å². The Balaban J connectivity index is 1.69. The lowest BCUT2D eigenvalue weighted by molar-refractivity contribution is -0.118. The fourth-order valence-corrected chi connectivity index (χ4v) is 3.88. The molecule has 0 aromatic carbocycles. The van der Waals surface area contributed by atoms with E-state index in [1.165, 1.54) is 11.3 Å². The van der Waals surface area contributed by atoms with Crippen molar-refractivity contribution in [1.29, 1.82) is 0 Å². The van der Waals surface area contributed by atoms with Gasteiger partial charge in [0.05, 0.1) is 17.0 Å². The standard InChI is InChI=1S/C19H22N4O4S/c1-6-26-19(25)16-11(3)8-14(28-16)21-13(24)9-27-18-15-10(2)7-12(4)20-17(15)23(5)22-18/h7-8H,6,9H2,1-5H3,(H,21,24). The summed E-state index contributed by atoms with van der Waals surface area (Å²) >= 11 is 1.18. The topological polar surface area (TPSA) is 95.3 Å². The minimum absolute atomic E-state index is 0.203. The zero-order valence-corrected chi connectivity index (χ0v) is 17.3. The number of carbonyl (C=O) groups excluding carboxylic acids is 2. The van der Waals surface area contributed by atoms with E-state index in [-0.39, 0.29) is 18.5 Å². The number of amides is 1. The van der Waals surface area contributed by atoms with Crippen molar-refractivity contribution in [2.75, 3.05) is 18.5 Å². The van der Waals surface area contributed by atoms with Gasteiger partial charge in [0, 0.05) is 12.7 Å². The lowest BCUT2D eigenvalue weighted by Gasteiger charge is -2.05. The van der Waals surface area contributed by atoms with Crippen LogP contribution < -0.4 is 10.1 Å². The number of hydrogen-bond acceptors (Lipinski definition) is 7. The first-order valence-electron chi connectivity index (χ1n) is 8.81. The minimum atomic E-state index is -0.389. The summed E-state index contributed by atoms with van der Waals surface area (Å²) < 4.78 is 12.3. The quantitative estimate of drug-likeness (QED) is 0.637. The molecule has 0 aliphatic carbocycles. The van der Waals surface area contributed by atoms with Crippen molar-refractivity contribution in [1.82, 2.24) is 14.8 Å². The number of nitrogens with zero attached hydrogens (tertiary/aromatic N) is 3. The van der Waals surface area contributed by atoms with Gasteiger partial charge in [0.25, 0.3) is 5.91 Å². The van der Waals surface area contributed by atoms with Crippen molar-refractivity contribution in [3.8, 4) is 5.88 Å². The Labute approximate surface area is 166 Å². The lowest BCUT2D eigenvalue weighted by Crippen LogP contribution is -2.19. The number of anilines is 1. The van der Waals surface area contributed by atoms with Crippen LogP contribution in [-0.4, -0.2) is 39.9 Å². The number of aryl methyl sites for hydroxylation is 4. The molecule has 0 fully saturated rings. The van der Waals surface area contributed by atoms with E-state index in [9.17, 15) is 9.59 Å². The van der Waals surface area contributed by atoms with Gasteiger partial charge in [-0.15, -0.1) is 16.4 Å². The second kappa shape index (κ2) is 7.97. The molecule has 3 rings (SSSR count). The zero-order chi connectivity index (χ0) is 20.4. The van der Waals surface area contributed by atoms with E-state index in [2.05, 4.69) is 15.4 Å². The van der Waals surface area contributed by atoms with Gasteiger partial charge in [-0.25, -0.2) is 14.5 Å². The van der Waals surface area contributed by atoms with Crippen molar-refractivity contribution in [3.05, 3.63) is 33.8 Å². The van der Waals surface area contributed by atoms with Gasteiger partial charge in [-0.1, -0.05) is 0 Å². The van der Waals surface area contributed by atoms with E-state index in [0.29, 0.717) is 28.0 Å². The van der Waals surface area contributed by atoms with Crippen LogP contribution in [0.25, 0.3) is 11.0 Å². The number of carbonyl (C=O) groups is 2. The second-order valence-corrected chi connectivity index (χ2v) is 7.44. The molecule has 3 aromatic rings. The van der Waals surface area contributed by atoms with Crippen LogP contribution >= 0.6 is 11.3 Å². The third kappa shape index (κ3) is 3.99. The number of nitrogens with one attached hydrogen (secondary N) is 1. The summed E-state index contributed by atoms with van der Waals surface area (Å²) in [5, 5.41) is 8.42. The SMILES string of the molecule is CCOC(=O)c1sc(NC(=O)COc2nn(C)c3nc(C)cc(C)c23)cc1C. The maximum Gasteiger partial charge on any atom is 0.348 e. The number of thiophene rings is 1. The van der Waals surface area contributed by atoms with Crippen LogP contribution in [0.3, 0.4) is 0 Å². The first-order chi connectivity index (χ1) is 13.3. The molecule has 1 amide bonds. The van der Waals surface area contributed by atoms with Crippen LogP contribution in [0.4, 0.5) is 5.00 Å². The predicted molar refractivity (Wildman–Crippen MR) is 107 cm³/mol. The maximum absolute atomic E-state index is 12.3. The van der Waals surface area contributed by atoms with Gasteiger partial charge in [-0.3, -0.25) is 4.79 Å². The molecule has 0 aliphatic rings. The van der Waals surface area contributed by atoms with Crippen molar-refractivity contribution in [2.45, 2.75) is 27.7 Å². The first-order valence-corrected chi connectivity index (χ1v) is 9.63. The van der Waals surface area contributed by atoms with E-state index in [1.807, 2.05) is 19.9 Å². The summed E-state index contributed by atoms with van der Waals surface area (Å²) in [5.41, 5.74) is 3.34. The number of fused-ring (bicyclic) bond motifs is 1. The largest absolute Gasteiger partial charge is 0.466 e. The van der Waals surface area contributed by atoms with Crippen molar-refractivity contribution < 1.29 is 19.1 Å². The van der Waals surface area contributed by atoms with Crippen LogP contribution in [0.2, 0.25) is 0 Å². The van der Waals surface area contributed by atoms with Gasteiger partial charge in [0.15, 0.2) is 12.3 Å². The first kappa shape index (κ1) is 19.8. The average Bonchev–Trinajstić information content (AvgIpc) is 3.13. The highest BCUT2D eigenvalue weighted by molar-refractivity contribution is 7.18. The Morgan fingerprint density at radius 1 is 1.21 bits per heavy atom. The summed E-state index contributed by atoms with van der Waals surface area (Å²) in [5.74, 6) is -0.361. The van der Waals surface area contributed by atoms with Gasteiger partial charge in [-0.05, 0) is 51.0 Å². The van der Waals surface area contributed by atoms with Gasteiger partial charge in [-0.2, -0.15) is 0 Å². The molecule has 28 heavy (non-hydrogen) atoms. The third-order valence-electron chi connectivity index (χ3n) is 4.07. The normalized spacial score (nSPS) is 10.9. The number of rotatable bonds is 6. The predicted octanol–water partition coefficient (Wildman–Crippen LogP) is 3.15. The average molecular weight is 402 g/mol. The summed E-state index contributed by atoms with van der Waals surface area (Å²) in [4.78, 5) is 29.1. The molecule has 0 aliphatic heterocycles. The summed E-state index contributed by atoms with van der Waals surface area (Å²) in [6, 6.07) is 3.68. The fourth-order valence-electron chi connectivity index (χ4n) is 2.90. The molecule has 0 unspecified atom stereocenters. The number of ether oxygens (including phenoxy) is 2. The van der Waals surface area contributed by atoms with Gasteiger partial charge in [0.2, 0.25) is 5.88 Å². The molecule has 3 aromatic heterocycles. The fraction of sp³-hybridized carbons (Fsp3) is 0.368. The lowest BCUT2D eigenvalue weighted by atomic mass is 10.2. The Morgan fingerprint density at radius 3 is 2.68 bits per heavy atom. The Bertz CT molecular complexity index is 1050. The highest BCUT2D eigenvalue weighted by Gasteiger charge is 2.18. The Kier molecular flexibility index (Phi) is 5.64. The molecule has 148 valence electrons. The molecule has 1 N–H and O–H groups in total. The third-order valence-corrected chi connectivity index (χ3v) is 5.20. The Morgan fingerprint density at radius 2 is 1.96 bits per heavy atom. The molecular formula is C19H22N4O4S. The summed E-state index contributed by atoms with van der Waals surface area (Å²) in [6.07, 6.45) is 0. The molecule has 9 heteroatoms. The van der Waals surface area contributed by atoms with Crippen molar-refractivity contribution in [2.24, 2.45) is 7.05 Å². The highest BCUT2D eigenvalue weighted by Crippen LogP contribution is 2.28. The van der Waals surface area contributed by atoms with Crippen LogP contribution in [0.1, 0.15) is 33.4 Å². The van der Waals surface area contributed by atoms with Gasteiger partial charge in [0.1, 0.15) is 4.88 Å². The van der Waals surface area contributed by atoms with E-state index < -0.39 is 0 Å². The molecule has 8 nitrogen and oxygen atoms in total. The number of aromatic nitrogens is 3. The summed E-state index contributed by atoms with van der Waals surface area (Å²) in [7, 11) is 1.78. The number of pyridine rings is 1. The van der Waals surface area contributed by atoms with Crippen molar-refractivity contribution in [3.63, 3.8) is 0 Å². The Hall–Kier alpha value is -2.94. The molecule has 0 atom stereocenters. The zero-order valence-electron chi connectivity index (χ0n) is 16.5. The number of hydrogen-bond donors (Lipinski definition) is 1. The van der Waals surface area contributed by atoms with Crippen molar-refractivity contribution >= 4 is 39.2 Å². The number of esters is 1. The minimum Gasteiger partial charge on any atom is -0.466 e. The molecule has 0 spiro atoms. The van der Waals surface area contributed by atoms with Crippen LogP contribution in [0, 0.1) is 20.8 Å². The highest BCUT2D eigenvalue weighted by atomic mass is 32.1. The van der Waals surface area contributed by atoms with Crippen LogP contribution in [0.15, 0.2) is 12.1 Å². The maximum atomic E-state index is 12.3. The van der Waals surface area contributed by atoms with Crippen LogP contribution in [0.5, 0.6) is 5.88 Å². The molecule has 0 radical (unpaired) electrons. The van der Waals surface area contributed by atoms with E-state index in [4.69, 9.17) is 9.47 Å². The second-order valence-electron chi connectivity index (χ2n) is 6.39.